The number of carbonyl (C=O) groups is 2. The number of thioether (sulfide) groups is 1. The molecule has 5 rings (SSSR count). The quantitative estimate of drug-likeness (QED) is 0.0530. The van der Waals surface area contributed by atoms with E-state index in [1.807, 2.05) is 72.4 Å². The Morgan fingerprint density at radius 2 is 1.66 bits per heavy atom. The summed E-state index contributed by atoms with van der Waals surface area (Å²) in [6, 6.07) is 24.2. The molecule has 10 nitrogen and oxygen atoms in total. The van der Waals surface area contributed by atoms with Crippen LogP contribution in [0.25, 0.3) is 11.1 Å². The number of benzene rings is 3. The maximum Gasteiger partial charge on any atom is 0.243 e. The Hall–Kier alpha value is -4.00. The van der Waals surface area contributed by atoms with E-state index in [0.717, 1.165) is 50.7 Å². The number of ether oxygens (including phenoxy) is 2. The van der Waals surface area contributed by atoms with Crippen molar-refractivity contribution in [3.8, 4) is 11.1 Å². The molecule has 0 saturated carbocycles. The van der Waals surface area contributed by atoms with Gasteiger partial charge in [0.25, 0.3) is 0 Å². The Morgan fingerprint density at radius 1 is 0.915 bits per heavy atom. The van der Waals surface area contributed by atoms with Crippen LogP contribution >= 0.6 is 11.8 Å². The summed E-state index contributed by atoms with van der Waals surface area (Å²) >= 11 is 1.66. The Kier molecular flexibility index (Phi) is 12.6. The second kappa shape index (κ2) is 17.2. The van der Waals surface area contributed by atoms with Crippen LogP contribution < -0.4 is 10.8 Å². The number of rotatable bonds is 15. The number of hydrogen-bond donors (Lipinski definition) is 4. The first-order valence-corrected chi connectivity index (χ1v) is 16.9. The van der Waals surface area contributed by atoms with Gasteiger partial charge in [0, 0.05) is 56.6 Å². The SMILES string of the molecule is Cn1ccnc1SC[C@@H]1C[C@H](c2ccc(CO)cc2)O[C@H](c2cccc(-c3cccc(CNC(=O)CCCCCC(=O)NO)c3)c2)O1. The number of carbonyl (C=O) groups excluding carboxylic acids is 2. The highest BCUT2D eigenvalue weighted by atomic mass is 32.2. The molecule has 1 aromatic heterocycles. The van der Waals surface area contributed by atoms with Gasteiger partial charge in [0.05, 0.1) is 18.8 Å². The van der Waals surface area contributed by atoms with Crippen molar-refractivity contribution in [3.63, 3.8) is 0 Å². The third kappa shape index (κ3) is 9.99. The first-order chi connectivity index (χ1) is 22.9. The van der Waals surface area contributed by atoms with Crippen molar-refractivity contribution < 1.29 is 29.4 Å². The smallest absolute Gasteiger partial charge is 0.243 e. The van der Waals surface area contributed by atoms with Gasteiger partial charge in [-0.25, -0.2) is 10.5 Å². The maximum absolute atomic E-state index is 12.4. The Labute approximate surface area is 279 Å². The fourth-order valence-corrected chi connectivity index (χ4v) is 6.45. The van der Waals surface area contributed by atoms with Gasteiger partial charge in [-0.05, 0) is 52.8 Å². The standard InChI is InChI=1S/C36H42N4O6S/c1-40-18-17-37-36(40)47-24-31-21-32(27-15-13-25(23-41)14-16-27)46-35(45-31)30-10-6-9-29(20-30)28-8-5-7-26(19-28)22-38-33(42)11-3-2-4-12-34(43)39-44/h5-10,13-20,31-32,35,41,44H,2-4,11-12,21-24H2,1H3,(H,38,42)(H,39,43)/t31-,32+,35+/m0/s1. The Morgan fingerprint density at radius 3 is 2.38 bits per heavy atom. The maximum atomic E-state index is 12.4. The van der Waals surface area contributed by atoms with Crippen LogP contribution in [0, 0.1) is 0 Å². The molecule has 1 aliphatic heterocycles. The van der Waals surface area contributed by atoms with Crippen LogP contribution in [-0.2, 0) is 39.3 Å². The molecular formula is C36H42N4O6S. The molecule has 47 heavy (non-hydrogen) atoms. The second-order valence-electron chi connectivity index (χ2n) is 11.7. The number of hydrogen-bond acceptors (Lipinski definition) is 8. The van der Waals surface area contributed by atoms with Gasteiger partial charge in [0.1, 0.15) is 0 Å². The van der Waals surface area contributed by atoms with E-state index in [-0.39, 0.29) is 31.1 Å². The average Bonchev–Trinajstić information content (AvgIpc) is 3.53. The Balaban J connectivity index is 1.24. The summed E-state index contributed by atoms with van der Waals surface area (Å²) in [5, 5.41) is 22.0. The molecule has 1 saturated heterocycles. The zero-order chi connectivity index (χ0) is 33.0. The Bertz CT molecular complexity index is 1610. The van der Waals surface area contributed by atoms with Gasteiger partial charge in [-0.3, -0.25) is 14.8 Å². The number of nitrogens with one attached hydrogen (secondary N) is 2. The topological polar surface area (TPSA) is 135 Å². The highest BCUT2D eigenvalue weighted by Gasteiger charge is 2.32. The summed E-state index contributed by atoms with van der Waals surface area (Å²) in [4.78, 5) is 27.9. The number of imidazole rings is 1. The number of hydroxylamine groups is 1. The molecule has 1 aliphatic rings. The zero-order valence-corrected chi connectivity index (χ0v) is 27.3. The summed E-state index contributed by atoms with van der Waals surface area (Å²) in [5.41, 5.74) is 7.47. The van der Waals surface area contributed by atoms with Crippen LogP contribution in [0.5, 0.6) is 0 Å². The minimum absolute atomic E-state index is 0.00409. The monoisotopic (exact) mass is 658 g/mol. The number of nitrogens with zero attached hydrogens (tertiary/aromatic N) is 2. The third-order valence-corrected chi connectivity index (χ3v) is 9.32. The zero-order valence-electron chi connectivity index (χ0n) is 26.5. The first-order valence-electron chi connectivity index (χ1n) is 15.9. The molecule has 3 aromatic carbocycles. The summed E-state index contributed by atoms with van der Waals surface area (Å²) < 4.78 is 15.1. The van der Waals surface area contributed by atoms with Crippen LogP contribution in [0.3, 0.4) is 0 Å². The van der Waals surface area contributed by atoms with E-state index in [1.165, 1.54) is 0 Å². The lowest BCUT2D eigenvalue weighted by Gasteiger charge is -2.36. The van der Waals surface area contributed by atoms with Crippen LogP contribution in [0.15, 0.2) is 90.3 Å². The van der Waals surface area contributed by atoms with Crippen molar-refractivity contribution >= 4 is 23.6 Å². The number of amides is 2. The predicted molar refractivity (Wildman–Crippen MR) is 179 cm³/mol. The summed E-state index contributed by atoms with van der Waals surface area (Å²) in [7, 11) is 1.98. The summed E-state index contributed by atoms with van der Waals surface area (Å²) in [5.74, 6) is 0.282. The molecule has 2 amide bonds. The van der Waals surface area contributed by atoms with Gasteiger partial charge in [-0.15, -0.1) is 0 Å². The number of aliphatic hydroxyl groups is 1. The van der Waals surface area contributed by atoms with Crippen LogP contribution in [0.4, 0.5) is 0 Å². The third-order valence-electron chi connectivity index (χ3n) is 8.13. The molecule has 1 fully saturated rings. The number of aromatic nitrogens is 2. The van der Waals surface area contributed by atoms with Crippen LogP contribution in [0.1, 0.15) is 73.2 Å². The van der Waals surface area contributed by atoms with E-state index < -0.39 is 12.2 Å². The highest BCUT2D eigenvalue weighted by molar-refractivity contribution is 7.99. The first kappa shape index (κ1) is 34.3. The van der Waals surface area contributed by atoms with Crippen molar-refractivity contribution in [1.29, 1.82) is 0 Å². The molecule has 0 aliphatic carbocycles. The summed E-state index contributed by atoms with van der Waals surface area (Å²) in [6.07, 6.45) is 6.28. The molecule has 4 aromatic rings. The van der Waals surface area contributed by atoms with Gasteiger partial charge in [-0.1, -0.05) is 78.8 Å². The minimum Gasteiger partial charge on any atom is -0.392 e. The fourth-order valence-electron chi connectivity index (χ4n) is 5.50. The molecule has 248 valence electrons. The lowest BCUT2D eigenvalue weighted by atomic mass is 9.99. The fraction of sp³-hybridized carbons (Fsp3) is 0.361. The normalized spacial score (nSPS) is 17.7. The van der Waals surface area contributed by atoms with Gasteiger partial charge >= 0.3 is 0 Å². The lowest BCUT2D eigenvalue weighted by molar-refractivity contribution is -0.245. The van der Waals surface area contributed by atoms with E-state index in [1.54, 1.807) is 23.4 Å². The molecule has 0 radical (unpaired) electrons. The molecular weight excluding hydrogens is 616 g/mol. The van der Waals surface area contributed by atoms with Crippen molar-refractivity contribution in [1.82, 2.24) is 20.3 Å². The second-order valence-corrected chi connectivity index (χ2v) is 12.7. The van der Waals surface area contributed by atoms with E-state index in [0.29, 0.717) is 32.2 Å². The number of aryl methyl sites for hydroxylation is 1. The van der Waals surface area contributed by atoms with Gasteiger partial charge in [-0.2, -0.15) is 0 Å². The van der Waals surface area contributed by atoms with Gasteiger partial charge in [0.15, 0.2) is 11.4 Å². The van der Waals surface area contributed by atoms with E-state index in [9.17, 15) is 14.7 Å². The molecule has 0 unspecified atom stereocenters. The predicted octanol–water partition coefficient (Wildman–Crippen LogP) is 5.99. The van der Waals surface area contributed by atoms with Crippen molar-refractivity contribution in [2.45, 2.75) is 75.3 Å². The highest BCUT2D eigenvalue weighted by Crippen LogP contribution is 2.40. The van der Waals surface area contributed by atoms with Crippen molar-refractivity contribution in [3.05, 3.63) is 107 Å². The number of unbranched alkanes of at least 4 members (excludes halogenated alkanes) is 2. The van der Waals surface area contributed by atoms with E-state index in [4.69, 9.17) is 14.7 Å². The number of aliphatic hydroxyl groups excluding tert-OH is 1. The van der Waals surface area contributed by atoms with E-state index in [2.05, 4.69) is 28.5 Å². The van der Waals surface area contributed by atoms with Gasteiger partial charge < -0.3 is 24.5 Å². The van der Waals surface area contributed by atoms with Crippen LogP contribution in [0.2, 0.25) is 0 Å². The van der Waals surface area contributed by atoms with E-state index >= 15 is 0 Å². The molecule has 4 N–H and O–H groups in total. The molecule has 11 heteroatoms. The van der Waals surface area contributed by atoms with Crippen molar-refractivity contribution in [2.75, 3.05) is 5.75 Å². The molecule has 0 spiro atoms. The molecule has 2 heterocycles. The summed E-state index contributed by atoms with van der Waals surface area (Å²) in [6.45, 7) is 0.413. The average molecular weight is 659 g/mol. The van der Waals surface area contributed by atoms with Crippen LogP contribution in [-0.4, -0.2) is 43.5 Å². The lowest BCUT2D eigenvalue weighted by Crippen LogP contribution is -2.31. The largest absolute Gasteiger partial charge is 0.392 e. The minimum atomic E-state index is -0.571. The molecule has 3 atom stereocenters. The van der Waals surface area contributed by atoms with Gasteiger partial charge in [0.2, 0.25) is 11.8 Å². The molecule has 0 bridgehead atoms. The van der Waals surface area contributed by atoms with Crippen molar-refractivity contribution in [2.24, 2.45) is 7.05 Å².